The Morgan fingerprint density at radius 2 is 1.56 bits per heavy atom. The number of nitrogens with zero attached hydrogens (tertiary/aromatic N) is 1. The van der Waals surface area contributed by atoms with Gasteiger partial charge in [0.25, 0.3) is 0 Å². The van der Waals surface area contributed by atoms with Crippen LogP contribution in [0.4, 0.5) is 0 Å². The van der Waals surface area contributed by atoms with Crippen LogP contribution in [0, 0.1) is 0 Å². The Kier molecular flexibility index (Phi) is 5.77. The van der Waals surface area contributed by atoms with Gasteiger partial charge in [-0.15, -0.1) is 0 Å². The molecule has 0 spiro atoms. The van der Waals surface area contributed by atoms with Crippen molar-refractivity contribution in [1.29, 1.82) is 0 Å². The van der Waals surface area contributed by atoms with Gasteiger partial charge in [-0.1, -0.05) is 39.0 Å². The fourth-order valence-electron chi connectivity index (χ4n) is 3.42. The molecule has 2 heteroatoms. The minimum absolute atomic E-state index is 0.295. The molecule has 0 aliphatic heterocycles. The Morgan fingerprint density at radius 1 is 1.06 bits per heavy atom. The van der Waals surface area contributed by atoms with Crippen LogP contribution < -0.4 is 5.73 Å². The topological polar surface area (TPSA) is 29.3 Å². The van der Waals surface area contributed by atoms with E-state index in [1.165, 1.54) is 44.9 Å². The minimum atomic E-state index is 0.295. The predicted molar refractivity (Wildman–Crippen MR) is 71.6 cm³/mol. The van der Waals surface area contributed by atoms with Crippen LogP contribution in [0.1, 0.15) is 65.7 Å². The fraction of sp³-hybridized carbons (Fsp3) is 1.00. The zero-order chi connectivity index (χ0) is 12.0. The summed E-state index contributed by atoms with van der Waals surface area (Å²) in [5, 5.41) is 0. The average Bonchev–Trinajstić information content (AvgIpc) is 2.22. The van der Waals surface area contributed by atoms with Crippen molar-refractivity contribution in [1.82, 2.24) is 4.90 Å². The van der Waals surface area contributed by atoms with E-state index >= 15 is 0 Å². The van der Waals surface area contributed by atoms with Crippen LogP contribution >= 0.6 is 0 Å². The molecule has 2 nitrogen and oxygen atoms in total. The zero-order valence-corrected chi connectivity index (χ0v) is 11.5. The summed E-state index contributed by atoms with van der Waals surface area (Å²) in [6.45, 7) is 8.85. The van der Waals surface area contributed by atoms with Gasteiger partial charge < -0.3 is 5.73 Å². The van der Waals surface area contributed by atoms with Crippen LogP contribution in [-0.4, -0.2) is 29.6 Å². The molecule has 1 fully saturated rings. The standard InChI is InChI=1S/C14H30N2/c1-4-16(13(2)3)14(12-15)10-8-6-5-7-9-11-14/h13H,4-12,15H2,1-3H3. The molecule has 1 rings (SSSR count). The van der Waals surface area contributed by atoms with E-state index in [0.717, 1.165) is 13.1 Å². The Hall–Kier alpha value is -0.0800. The fourth-order valence-corrected chi connectivity index (χ4v) is 3.42. The third-order valence-corrected chi connectivity index (χ3v) is 4.24. The van der Waals surface area contributed by atoms with Crippen LogP contribution in [0.3, 0.4) is 0 Å². The van der Waals surface area contributed by atoms with Gasteiger partial charge in [-0.3, -0.25) is 4.90 Å². The van der Waals surface area contributed by atoms with Gasteiger partial charge in [0.1, 0.15) is 0 Å². The van der Waals surface area contributed by atoms with Crippen LogP contribution in [0.25, 0.3) is 0 Å². The van der Waals surface area contributed by atoms with Crippen LogP contribution in [-0.2, 0) is 0 Å². The Morgan fingerprint density at radius 3 is 1.94 bits per heavy atom. The molecule has 96 valence electrons. The smallest absolute Gasteiger partial charge is 0.0334 e. The largest absolute Gasteiger partial charge is 0.329 e. The molecule has 1 aliphatic carbocycles. The predicted octanol–water partition coefficient (Wildman–Crippen LogP) is 3.16. The lowest BCUT2D eigenvalue weighted by Gasteiger charge is -2.46. The molecule has 0 radical (unpaired) electrons. The molecule has 0 bridgehead atoms. The van der Waals surface area contributed by atoms with E-state index in [-0.39, 0.29) is 0 Å². The molecule has 0 saturated heterocycles. The Bertz CT molecular complexity index is 181. The average molecular weight is 226 g/mol. The third kappa shape index (κ3) is 3.21. The van der Waals surface area contributed by atoms with Crippen molar-refractivity contribution >= 4 is 0 Å². The van der Waals surface area contributed by atoms with Gasteiger partial charge in [-0.2, -0.15) is 0 Å². The van der Waals surface area contributed by atoms with E-state index in [2.05, 4.69) is 25.7 Å². The first-order valence-electron chi connectivity index (χ1n) is 7.13. The Labute approximate surface area is 102 Å². The molecule has 1 saturated carbocycles. The van der Waals surface area contributed by atoms with Crippen molar-refractivity contribution in [2.45, 2.75) is 77.3 Å². The zero-order valence-electron chi connectivity index (χ0n) is 11.5. The number of hydrogen-bond donors (Lipinski definition) is 1. The second-order valence-corrected chi connectivity index (χ2v) is 5.58. The van der Waals surface area contributed by atoms with E-state index in [1.54, 1.807) is 0 Å². The summed E-state index contributed by atoms with van der Waals surface area (Å²) >= 11 is 0. The molecular formula is C14H30N2. The lowest BCUT2D eigenvalue weighted by atomic mass is 9.81. The van der Waals surface area contributed by atoms with E-state index in [4.69, 9.17) is 5.73 Å². The van der Waals surface area contributed by atoms with E-state index < -0.39 is 0 Å². The van der Waals surface area contributed by atoms with Crippen LogP contribution in [0.15, 0.2) is 0 Å². The molecule has 0 amide bonds. The number of hydrogen-bond acceptors (Lipinski definition) is 2. The van der Waals surface area contributed by atoms with Gasteiger partial charge in [-0.25, -0.2) is 0 Å². The summed E-state index contributed by atoms with van der Waals surface area (Å²) in [6.07, 6.45) is 9.55. The maximum atomic E-state index is 6.13. The second-order valence-electron chi connectivity index (χ2n) is 5.58. The van der Waals surface area contributed by atoms with Crippen molar-refractivity contribution in [3.05, 3.63) is 0 Å². The first-order valence-corrected chi connectivity index (χ1v) is 7.13. The summed E-state index contributed by atoms with van der Waals surface area (Å²) in [5.74, 6) is 0. The van der Waals surface area contributed by atoms with Crippen LogP contribution in [0.5, 0.6) is 0 Å². The number of likely N-dealkylation sites (N-methyl/N-ethyl adjacent to an activating group) is 1. The molecule has 1 aliphatic rings. The molecule has 0 atom stereocenters. The SMILES string of the molecule is CCN(C(C)C)C1(CN)CCCCCCC1. The Balaban J connectivity index is 2.77. The summed E-state index contributed by atoms with van der Waals surface area (Å²) < 4.78 is 0. The first kappa shape index (κ1) is 14.0. The number of rotatable bonds is 4. The highest BCUT2D eigenvalue weighted by molar-refractivity contribution is 4.93. The van der Waals surface area contributed by atoms with E-state index in [1.807, 2.05) is 0 Å². The summed E-state index contributed by atoms with van der Waals surface area (Å²) in [6, 6.07) is 0.618. The van der Waals surface area contributed by atoms with E-state index in [0.29, 0.717) is 11.6 Å². The lowest BCUT2D eigenvalue weighted by molar-refractivity contribution is 0.0437. The molecule has 0 heterocycles. The van der Waals surface area contributed by atoms with Gasteiger partial charge in [0.2, 0.25) is 0 Å². The van der Waals surface area contributed by atoms with Gasteiger partial charge in [0.05, 0.1) is 0 Å². The van der Waals surface area contributed by atoms with Crippen LogP contribution in [0.2, 0.25) is 0 Å². The second kappa shape index (κ2) is 6.61. The van der Waals surface area contributed by atoms with Gasteiger partial charge >= 0.3 is 0 Å². The number of nitrogens with two attached hydrogens (primary N) is 1. The molecule has 0 aromatic heterocycles. The van der Waals surface area contributed by atoms with Gasteiger partial charge in [0.15, 0.2) is 0 Å². The van der Waals surface area contributed by atoms with Crippen molar-refractivity contribution in [3.8, 4) is 0 Å². The normalized spacial score (nSPS) is 22.1. The summed E-state index contributed by atoms with van der Waals surface area (Å²) in [5.41, 5.74) is 6.43. The van der Waals surface area contributed by atoms with Crippen molar-refractivity contribution in [2.24, 2.45) is 5.73 Å². The highest BCUT2D eigenvalue weighted by Gasteiger charge is 2.35. The quantitative estimate of drug-likeness (QED) is 0.798. The maximum Gasteiger partial charge on any atom is 0.0334 e. The molecular weight excluding hydrogens is 196 g/mol. The highest BCUT2D eigenvalue weighted by atomic mass is 15.2. The van der Waals surface area contributed by atoms with Crippen molar-refractivity contribution < 1.29 is 0 Å². The third-order valence-electron chi connectivity index (χ3n) is 4.24. The maximum absolute atomic E-state index is 6.13. The summed E-state index contributed by atoms with van der Waals surface area (Å²) in [7, 11) is 0. The van der Waals surface area contributed by atoms with E-state index in [9.17, 15) is 0 Å². The summed E-state index contributed by atoms with van der Waals surface area (Å²) in [4.78, 5) is 2.64. The van der Waals surface area contributed by atoms with Crippen molar-refractivity contribution in [2.75, 3.05) is 13.1 Å². The molecule has 0 unspecified atom stereocenters. The first-order chi connectivity index (χ1) is 7.66. The monoisotopic (exact) mass is 226 g/mol. The highest BCUT2D eigenvalue weighted by Crippen LogP contribution is 2.32. The van der Waals surface area contributed by atoms with Gasteiger partial charge in [0, 0.05) is 18.1 Å². The molecule has 0 aromatic carbocycles. The van der Waals surface area contributed by atoms with Gasteiger partial charge in [-0.05, 0) is 33.2 Å². The lowest BCUT2D eigenvalue weighted by Crippen LogP contribution is -2.56. The molecule has 0 aromatic rings. The minimum Gasteiger partial charge on any atom is -0.329 e. The van der Waals surface area contributed by atoms with Crippen molar-refractivity contribution in [3.63, 3.8) is 0 Å². The molecule has 2 N–H and O–H groups in total. The molecule has 16 heavy (non-hydrogen) atoms.